The summed E-state index contributed by atoms with van der Waals surface area (Å²) < 4.78 is 0. The number of aliphatic imine (C=N–C) groups is 1. The Kier molecular flexibility index (Phi) is 10.6. The lowest BCUT2D eigenvalue weighted by Crippen LogP contribution is -1.94. The van der Waals surface area contributed by atoms with Crippen molar-refractivity contribution in [1.82, 2.24) is 0 Å². The van der Waals surface area contributed by atoms with Crippen LogP contribution in [0.15, 0.2) is 29.9 Å². The largest absolute Gasteiger partial charge is 0.262 e. The zero-order valence-corrected chi connectivity index (χ0v) is 8.15. The fourth-order valence-corrected chi connectivity index (χ4v) is 0.613. The van der Waals surface area contributed by atoms with Gasteiger partial charge < -0.3 is 0 Å². The molecule has 0 aromatic heterocycles. The van der Waals surface area contributed by atoms with Gasteiger partial charge in [0.25, 0.3) is 0 Å². The third-order valence-corrected chi connectivity index (χ3v) is 1.07. The second-order valence-electron chi connectivity index (χ2n) is 1.89. The van der Waals surface area contributed by atoms with Crippen molar-refractivity contribution in [2.45, 2.75) is 34.1 Å². The first-order valence-electron chi connectivity index (χ1n) is 4.05. The summed E-state index contributed by atoms with van der Waals surface area (Å²) in [4.78, 5) is 4.02. The lowest BCUT2D eigenvalue weighted by atomic mass is 10.2. The molecule has 0 atom stereocenters. The van der Waals surface area contributed by atoms with E-state index in [1.54, 1.807) is 6.20 Å². The summed E-state index contributed by atoms with van der Waals surface area (Å²) in [5, 5.41) is 0. The molecule has 0 heterocycles. The highest BCUT2D eigenvalue weighted by molar-refractivity contribution is 5.99. The lowest BCUT2D eigenvalue weighted by molar-refractivity contribution is 1.25. The molecule has 0 aromatic rings. The maximum atomic E-state index is 4.02. The highest BCUT2D eigenvalue weighted by Gasteiger charge is 1.92. The van der Waals surface area contributed by atoms with Crippen LogP contribution < -0.4 is 0 Å². The van der Waals surface area contributed by atoms with Crippen LogP contribution in [0.2, 0.25) is 0 Å². The summed E-state index contributed by atoms with van der Waals surface area (Å²) in [5.74, 6) is 0. The fourth-order valence-electron chi connectivity index (χ4n) is 0.613. The zero-order chi connectivity index (χ0) is 9.28. The molecule has 0 N–H and O–H groups in total. The molecule has 0 saturated carbocycles. The summed E-state index contributed by atoms with van der Waals surface area (Å²) >= 11 is 0. The van der Waals surface area contributed by atoms with Crippen LogP contribution >= 0.6 is 0 Å². The lowest BCUT2D eigenvalue weighted by Gasteiger charge is -1.97. The van der Waals surface area contributed by atoms with Gasteiger partial charge in [-0.15, -0.1) is 0 Å². The summed E-state index contributed by atoms with van der Waals surface area (Å²) in [5.41, 5.74) is 2.06. The van der Waals surface area contributed by atoms with Gasteiger partial charge in [0, 0.05) is 11.9 Å². The molecular formula is C10H19N. The van der Waals surface area contributed by atoms with Gasteiger partial charge in [0.05, 0.1) is 0 Å². The molecule has 0 rings (SSSR count). The standard InChI is InChI=1S/C8H13N.C2H6/c1-5-8(7(3)4)9-6-2;1-2/h6H,2-3,5H2,1,4H3;1-2H3. The zero-order valence-electron chi connectivity index (χ0n) is 8.15. The van der Waals surface area contributed by atoms with Gasteiger partial charge in [0.1, 0.15) is 0 Å². The average Bonchev–Trinajstić information content (AvgIpc) is 2.03. The second-order valence-corrected chi connectivity index (χ2v) is 1.89. The molecule has 0 saturated heterocycles. The Morgan fingerprint density at radius 1 is 1.45 bits per heavy atom. The van der Waals surface area contributed by atoms with E-state index in [2.05, 4.69) is 25.1 Å². The van der Waals surface area contributed by atoms with Gasteiger partial charge in [-0.2, -0.15) is 0 Å². The predicted molar refractivity (Wildman–Crippen MR) is 54.1 cm³/mol. The van der Waals surface area contributed by atoms with Gasteiger partial charge in [-0.25, -0.2) is 0 Å². The molecule has 11 heavy (non-hydrogen) atoms. The topological polar surface area (TPSA) is 12.4 Å². The molecule has 0 radical (unpaired) electrons. The highest BCUT2D eigenvalue weighted by Crippen LogP contribution is 1.97. The van der Waals surface area contributed by atoms with Crippen LogP contribution in [0.1, 0.15) is 34.1 Å². The fraction of sp³-hybridized carbons (Fsp3) is 0.500. The maximum Gasteiger partial charge on any atom is 0.0423 e. The van der Waals surface area contributed by atoms with Crippen LogP contribution in [0, 0.1) is 0 Å². The molecule has 64 valence electrons. The first-order chi connectivity index (χ1) is 5.22. The normalized spacial score (nSPS) is 9.64. The van der Waals surface area contributed by atoms with Crippen LogP contribution in [0.5, 0.6) is 0 Å². The Hall–Kier alpha value is -0.850. The highest BCUT2D eigenvalue weighted by atomic mass is 14.7. The third-order valence-electron chi connectivity index (χ3n) is 1.07. The third kappa shape index (κ3) is 7.04. The van der Waals surface area contributed by atoms with Gasteiger partial charge in [0.2, 0.25) is 0 Å². The quantitative estimate of drug-likeness (QED) is 0.549. The van der Waals surface area contributed by atoms with Crippen molar-refractivity contribution in [3.8, 4) is 0 Å². The van der Waals surface area contributed by atoms with E-state index >= 15 is 0 Å². The van der Waals surface area contributed by atoms with Crippen molar-refractivity contribution in [2.24, 2.45) is 4.99 Å². The number of nitrogens with zero attached hydrogens (tertiary/aromatic N) is 1. The molecule has 1 nitrogen and oxygen atoms in total. The summed E-state index contributed by atoms with van der Waals surface area (Å²) in [6.07, 6.45) is 2.48. The van der Waals surface area contributed by atoms with E-state index in [1.807, 2.05) is 20.8 Å². The van der Waals surface area contributed by atoms with Gasteiger partial charge in [-0.05, 0) is 18.9 Å². The number of allylic oxidation sites excluding steroid dienone is 1. The minimum Gasteiger partial charge on any atom is -0.262 e. The Labute approximate surface area is 70.5 Å². The van der Waals surface area contributed by atoms with E-state index in [0.717, 1.165) is 17.7 Å². The van der Waals surface area contributed by atoms with Crippen molar-refractivity contribution < 1.29 is 0 Å². The van der Waals surface area contributed by atoms with E-state index in [1.165, 1.54) is 0 Å². The van der Waals surface area contributed by atoms with E-state index in [0.29, 0.717) is 0 Å². The second kappa shape index (κ2) is 9.15. The molecule has 0 amide bonds. The summed E-state index contributed by atoms with van der Waals surface area (Å²) in [6.45, 7) is 15.3. The molecule has 0 unspecified atom stereocenters. The van der Waals surface area contributed by atoms with Crippen molar-refractivity contribution >= 4 is 5.71 Å². The van der Waals surface area contributed by atoms with Crippen LogP contribution in [-0.4, -0.2) is 5.71 Å². The van der Waals surface area contributed by atoms with Gasteiger partial charge in [-0.3, -0.25) is 4.99 Å². The number of rotatable bonds is 3. The molecular weight excluding hydrogens is 134 g/mol. The molecule has 0 aliphatic carbocycles. The molecule has 0 aliphatic heterocycles. The maximum absolute atomic E-state index is 4.02. The Balaban J connectivity index is 0. The van der Waals surface area contributed by atoms with E-state index < -0.39 is 0 Å². The van der Waals surface area contributed by atoms with E-state index in [-0.39, 0.29) is 0 Å². The predicted octanol–water partition coefficient (Wildman–Crippen LogP) is 3.58. The van der Waals surface area contributed by atoms with Crippen molar-refractivity contribution in [3.63, 3.8) is 0 Å². The van der Waals surface area contributed by atoms with Crippen LogP contribution in [-0.2, 0) is 0 Å². The number of hydrogen-bond donors (Lipinski definition) is 0. The van der Waals surface area contributed by atoms with Crippen molar-refractivity contribution in [2.75, 3.05) is 0 Å². The first kappa shape index (κ1) is 12.8. The van der Waals surface area contributed by atoms with Crippen LogP contribution in [0.3, 0.4) is 0 Å². The monoisotopic (exact) mass is 153 g/mol. The van der Waals surface area contributed by atoms with Crippen molar-refractivity contribution in [1.29, 1.82) is 0 Å². The molecule has 1 heteroatoms. The molecule has 0 aromatic carbocycles. The number of hydrogen-bond acceptors (Lipinski definition) is 1. The van der Waals surface area contributed by atoms with Crippen molar-refractivity contribution in [3.05, 3.63) is 24.9 Å². The average molecular weight is 153 g/mol. The summed E-state index contributed by atoms with van der Waals surface area (Å²) in [6, 6.07) is 0. The van der Waals surface area contributed by atoms with Gasteiger partial charge in [-0.1, -0.05) is 33.9 Å². The first-order valence-corrected chi connectivity index (χ1v) is 4.05. The molecule has 0 fully saturated rings. The van der Waals surface area contributed by atoms with Gasteiger partial charge >= 0.3 is 0 Å². The van der Waals surface area contributed by atoms with E-state index in [4.69, 9.17) is 0 Å². The molecule has 0 spiro atoms. The molecule has 0 bridgehead atoms. The van der Waals surface area contributed by atoms with E-state index in [9.17, 15) is 0 Å². The minimum absolute atomic E-state index is 0.932. The Bertz CT molecular complexity index is 143. The Morgan fingerprint density at radius 3 is 2.00 bits per heavy atom. The molecule has 0 aliphatic rings. The smallest absolute Gasteiger partial charge is 0.0423 e. The van der Waals surface area contributed by atoms with Gasteiger partial charge in [0.15, 0.2) is 0 Å². The summed E-state index contributed by atoms with van der Waals surface area (Å²) in [7, 11) is 0. The minimum atomic E-state index is 0.932. The van der Waals surface area contributed by atoms with Crippen LogP contribution in [0.25, 0.3) is 0 Å². The SMILES string of the molecule is C=CN=C(CC)C(=C)C.CC. The van der Waals surface area contributed by atoms with Crippen LogP contribution in [0.4, 0.5) is 0 Å². The Morgan fingerprint density at radius 2 is 1.91 bits per heavy atom.